The van der Waals surface area contributed by atoms with E-state index in [-0.39, 0.29) is 5.82 Å². The van der Waals surface area contributed by atoms with E-state index in [2.05, 4.69) is 14.8 Å². The van der Waals surface area contributed by atoms with Crippen molar-refractivity contribution in [1.29, 1.82) is 0 Å². The van der Waals surface area contributed by atoms with E-state index < -0.39 is 5.97 Å². The number of esters is 1. The quantitative estimate of drug-likeness (QED) is 0.590. The number of methoxy groups -OCH3 is 1. The Hall–Kier alpha value is -2.37. The predicted octanol–water partition coefficient (Wildman–Crippen LogP) is 0.636. The van der Waals surface area contributed by atoms with Gasteiger partial charge in [-0.2, -0.15) is 0 Å². The van der Waals surface area contributed by atoms with E-state index in [4.69, 9.17) is 5.73 Å². The van der Waals surface area contributed by atoms with Crippen LogP contribution in [-0.2, 0) is 4.74 Å². The Labute approximate surface area is 91.7 Å². The van der Waals surface area contributed by atoms with Gasteiger partial charge >= 0.3 is 5.97 Å². The fourth-order valence-electron chi connectivity index (χ4n) is 1.20. The molecular weight excluding hydrogens is 208 g/mol. The molecule has 6 nitrogen and oxygen atoms in total. The van der Waals surface area contributed by atoms with Gasteiger partial charge in [-0.3, -0.25) is 0 Å². The number of nitrogens with zero attached hydrogens (tertiary/aromatic N) is 3. The number of benzene rings is 1. The summed E-state index contributed by atoms with van der Waals surface area (Å²) in [6.45, 7) is 0. The lowest BCUT2D eigenvalue weighted by Crippen LogP contribution is -2.05. The van der Waals surface area contributed by atoms with Gasteiger partial charge in [0.25, 0.3) is 5.82 Å². The van der Waals surface area contributed by atoms with Gasteiger partial charge < -0.3 is 10.5 Å². The van der Waals surface area contributed by atoms with Crippen molar-refractivity contribution in [3.63, 3.8) is 0 Å². The van der Waals surface area contributed by atoms with Crippen LogP contribution in [0.2, 0.25) is 0 Å². The van der Waals surface area contributed by atoms with Crippen LogP contribution in [0.15, 0.2) is 30.6 Å². The van der Waals surface area contributed by atoms with E-state index >= 15 is 0 Å². The molecule has 1 aromatic carbocycles. The molecule has 0 fully saturated rings. The highest BCUT2D eigenvalue weighted by Gasteiger charge is 2.11. The third-order valence-electron chi connectivity index (χ3n) is 2.02. The zero-order chi connectivity index (χ0) is 11.5. The number of carbonyl (C=O) groups is 1. The van der Waals surface area contributed by atoms with E-state index in [0.717, 1.165) is 5.69 Å². The number of aromatic nitrogens is 3. The molecule has 0 aliphatic carbocycles. The number of anilines is 1. The van der Waals surface area contributed by atoms with Gasteiger partial charge in [0.2, 0.25) is 0 Å². The van der Waals surface area contributed by atoms with Crippen molar-refractivity contribution in [1.82, 2.24) is 14.8 Å². The summed E-state index contributed by atoms with van der Waals surface area (Å²) in [6, 6.07) is 7.06. The summed E-state index contributed by atoms with van der Waals surface area (Å²) in [5.74, 6) is -0.534. The van der Waals surface area contributed by atoms with Crippen molar-refractivity contribution in [2.75, 3.05) is 12.8 Å². The summed E-state index contributed by atoms with van der Waals surface area (Å²) in [7, 11) is 1.28. The molecule has 0 aliphatic heterocycles. The molecule has 2 aromatic rings. The monoisotopic (exact) mass is 218 g/mol. The van der Waals surface area contributed by atoms with Gasteiger partial charge in [-0.15, -0.1) is 5.10 Å². The first-order valence-corrected chi connectivity index (χ1v) is 4.56. The largest absolute Gasteiger partial charge is 0.463 e. The van der Waals surface area contributed by atoms with Crippen LogP contribution in [0.1, 0.15) is 10.6 Å². The van der Waals surface area contributed by atoms with E-state index in [9.17, 15) is 4.79 Å². The van der Waals surface area contributed by atoms with E-state index in [1.54, 1.807) is 24.3 Å². The molecule has 6 heteroatoms. The molecule has 0 saturated carbocycles. The van der Waals surface area contributed by atoms with Gasteiger partial charge in [0.15, 0.2) is 0 Å². The van der Waals surface area contributed by atoms with Crippen LogP contribution in [0.4, 0.5) is 5.69 Å². The van der Waals surface area contributed by atoms with Gasteiger partial charge in [0, 0.05) is 5.69 Å². The highest BCUT2D eigenvalue weighted by molar-refractivity contribution is 5.84. The summed E-state index contributed by atoms with van der Waals surface area (Å²) in [5.41, 5.74) is 7.00. The van der Waals surface area contributed by atoms with Crippen LogP contribution in [0, 0.1) is 0 Å². The summed E-state index contributed by atoms with van der Waals surface area (Å²) in [4.78, 5) is 15.0. The minimum Gasteiger partial charge on any atom is -0.463 e. The lowest BCUT2D eigenvalue weighted by molar-refractivity contribution is 0.0587. The number of carbonyl (C=O) groups excluding carboxylic acids is 1. The molecule has 0 spiro atoms. The fraction of sp³-hybridized carbons (Fsp3) is 0.100. The second-order valence-electron chi connectivity index (χ2n) is 3.10. The smallest absolute Gasteiger partial charge is 0.377 e. The molecule has 0 atom stereocenters. The zero-order valence-electron chi connectivity index (χ0n) is 8.62. The lowest BCUT2D eigenvalue weighted by atomic mass is 10.3. The van der Waals surface area contributed by atoms with Crippen LogP contribution >= 0.6 is 0 Å². The van der Waals surface area contributed by atoms with Crippen molar-refractivity contribution in [3.8, 4) is 5.69 Å². The number of hydrogen-bond acceptors (Lipinski definition) is 5. The van der Waals surface area contributed by atoms with Crippen molar-refractivity contribution in [2.24, 2.45) is 0 Å². The van der Waals surface area contributed by atoms with Crippen molar-refractivity contribution < 1.29 is 9.53 Å². The van der Waals surface area contributed by atoms with E-state index in [0.29, 0.717) is 5.69 Å². The number of nitrogens with two attached hydrogens (primary N) is 1. The van der Waals surface area contributed by atoms with Crippen LogP contribution < -0.4 is 5.73 Å². The van der Waals surface area contributed by atoms with E-state index in [1.807, 2.05) is 0 Å². The third kappa shape index (κ3) is 1.85. The Morgan fingerprint density at radius 1 is 1.38 bits per heavy atom. The van der Waals surface area contributed by atoms with Crippen LogP contribution in [0.5, 0.6) is 0 Å². The number of ether oxygens (including phenoxy) is 1. The summed E-state index contributed by atoms with van der Waals surface area (Å²) >= 11 is 0. The standard InChI is InChI=1S/C10H10N4O2/c1-16-10(15)9-12-6-14(13-9)8-4-2-7(11)3-5-8/h2-6H,11H2,1H3. The molecule has 0 bridgehead atoms. The number of nitrogen functional groups attached to an aromatic ring is 1. The molecule has 1 heterocycles. The SMILES string of the molecule is COC(=O)c1ncn(-c2ccc(N)cc2)n1. The second kappa shape index (κ2) is 4.01. The maximum atomic E-state index is 11.1. The van der Waals surface area contributed by atoms with Gasteiger partial charge in [-0.05, 0) is 24.3 Å². The van der Waals surface area contributed by atoms with Gasteiger partial charge in [-0.25, -0.2) is 14.5 Å². The molecule has 0 saturated heterocycles. The number of rotatable bonds is 2. The zero-order valence-corrected chi connectivity index (χ0v) is 8.62. The molecule has 0 unspecified atom stereocenters. The second-order valence-corrected chi connectivity index (χ2v) is 3.10. The van der Waals surface area contributed by atoms with Gasteiger partial charge in [0.1, 0.15) is 6.33 Å². The maximum absolute atomic E-state index is 11.1. The summed E-state index contributed by atoms with van der Waals surface area (Å²) in [5, 5.41) is 3.97. The average Bonchev–Trinajstić information content (AvgIpc) is 2.78. The van der Waals surface area contributed by atoms with Crippen molar-refractivity contribution in [3.05, 3.63) is 36.4 Å². The molecule has 1 aromatic heterocycles. The van der Waals surface area contributed by atoms with Gasteiger partial charge in [0.05, 0.1) is 12.8 Å². The molecule has 0 aliphatic rings. The minimum atomic E-state index is -0.561. The Bertz CT molecular complexity index is 504. The van der Waals surface area contributed by atoms with Crippen molar-refractivity contribution in [2.45, 2.75) is 0 Å². The van der Waals surface area contributed by atoms with Crippen LogP contribution in [0.25, 0.3) is 5.69 Å². The maximum Gasteiger partial charge on any atom is 0.377 e. The molecule has 0 radical (unpaired) electrons. The van der Waals surface area contributed by atoms with Crippen molar-refractivity contribution >= 4 is 11.7 Å². The van der Waals surface area contributed by atoms with Crippen LogP contribution in [0.3, 0.4) is 0 Å². The lowest BCUT2D eigenvalue weighted by Gasteiger charge is -1.99. The first kappa shape index (κ1) is 10.2. The summed E-state index contributed by atoms with van der Waals surface area (Å²) in [6.07, 6.45) is 1.44. The highest BCUT2D eigenvalue weighted by atomic mass is 16.5. The van der Waals surface area contributed by atoms with E-state index in [1.165, 1.54) is 18.1 Å². The summed E-state index contributed by atoms with van der Waals surface area (Å²) < 4.78 is 5.99. The molecular formula is C10H10N4O2. The first-order valence-electron chi connectivity index (χ1n) is 4.56. The Morgan fingerprint density at radius 3 is 2.69 bits per heavy atom. The molecule has 0 amide bonds. The number of hydrogen-bond donors (Lipinski definition) is 1. The third-order valence-corrected chi connectivity index (χ3v) is 2.02. The Morgan fingerprint density at radius 2 is 2.06 bits per heavy atom. The Kier molecular flexibility index (Phi) is 2.55. The highest BCUT2D eigenvalue weighted by Crippen LogP contribution is 2.09. The molecule has 2 N–H and O–H groups in total. The van der Waals surface area contributed by atoms with Crippen LogP contribution in [-0.4, -0.2) is 27.8 Å². The minimum absolute atomic E-state index is 0.0272. The normalized spacial score (nSPS) is 10.1. The molecule has 82 valence electrons. The molecule has 16 heavy (non-hydrogen) atoms. The van der Waals surface area contributed by atoms with Gasteiger partial charge in [-0.1, -0.05) is 0 Å². The molecule has 2 rings (SSSR count). The first-order chi connectivity index (χ1) is 7.70. The predicted molar refractivity (Wildman–Crippen MR) is 57.1 cm³/mol. The Balaban J connectivity index is 2.31. The topological polar surface area (TPSA) is 83.0 Å². The average molecular weight is 218 g/mol. The fourth-order valence-corrected chi connectivity index (χ4v) is 1.20.